The van der Waals surface area contributed by atoms with Crippen LogP contribution in [-0.4, -0.2) is 30.9 Å². The molecule has 1 saturated heterocycles. The van der Waals surface area contributed by atoms with Crippen molar-refractivity contribution in [1.82, 2.24) is 4.90 Å². The van der Waals surface area contributed by atoms with Gasteiger partial charge in [-0.25, -0.2) is 8.42 Å². The number of anilines is 2. The van der Waals surface area contributed by atoms with E-state index in [9.17, 15) is 18.0 Å². The van der Waals surface area contributed by atoms with Crippen molar-refractivity contribution in [1.29, 1.82) is 0 Å². The van der Waals surface area contributed by atoms with E-state index in [-0.39, 0.29) is 22.1 Å². The van der Waals surface area contributed by atoms with Crippen LogP contribution in [0.1, 0.15) is 32.6 Å². The summed E-state index contributed by atoms with van der Waals surface area (Å²) < 4.78 is 33.6. The Morgan fingerprint density at radius 2 is 1.79 bits per heavy atom. The van der Waals surface area contributed by atoms with Crippen molar-refractivity contribution < 1.29 is 22.4 Å². The largest absolute Gasteiger partial charge is 0.467 e. The van der Waals surface area contributed by atoms with Gasteiger partial charge in [0.2, 0.25) is 5.91 Å². The summed E-state index contributed by atoms with van der Waals surface area (Å²) >= 11 is 7.62. The third-order valence-electron chi connectivity index (χ3n) is 6.27. The highest BCUT2D eigenvalue weighted by molar-refractivity contribution is 8.00. The Bertz CT molecular complexity index is 1610. The predicted molar refractivity (Wildman–Crippen MR) is 152 cm³/mol. The molecule has 1 aliphatic heterocycles. The first-order valence-electron chi connectivity index (χ1n) is 11.9. The minimum Gasteiger partial charge on any atom is -0.467 e. The fourth-order valence-corrected chi connectivity index (χ4v) is 6.60. The van der Waals surface area contributed by atoms with Gasteiger partial charge in [0, 0.05) is 16.3 Å². The fourth-order valence-electron chi connectivity index (χ4n) is 4.11. The lowest BCUT2D eigenvalue weighted by Crippen LogP contribution is -2.27. The molecule has 39 heavy (non-hydrogen) atoms. The second-order valence-electron chi connectivity index (χ2n) is 8.88. The van der Waals surface area contributed by atoms with E-state index in [1.807, 2.05) is 18.2 Å². The Kier molecular flexibility index (Phi) is 7.69. The molecule has 200 valence electrons. The van der Waals surface area contributed by atoms with E-state index in [1.165, 1.54) is 36.0 Å². The third-order valence-corrected chi connectivity index (χ3v) is 9.31. The van der Waals surface area contributed by atoms with Gasteiger partial charge in [-0.05, 0) is 78.7 Å². The number of nitrogens with one attached hydrogen (secondary N) is 2. The number of hydrogen-bond acceptors (Lipinski definition) is 6. The van der Waals surface area contributed by atoms with E-state index in [0.29, 0.717) is 45.6 Å². The topological polar surface area (TPSA) is 109 Å². The average molecular weight is 582 g/mol. The van der Waals surface area contributed by atoms with Crippen molar-refractivity contribution in [3.8, 4) is 0 Å². The molecule has 11 heteroatoms. The van der Waals surface area contributed by atoms with Gasteiger partial charge in [-0.1, -0.05) is 29.8 Å². The van der Waals surface area contributed by atoms with Gasteiger partial charge < -0.3 is 14.6 Å². The van der Waals surface area contributed by atoms with Crippen LogP contribution in [0.5, 0.6) is 0 Å². The Morgan fingerprint density at radius 1 is 1.05 bits per heavy atom. The molecule has 2 amide bonds. The quantitative estimate of drug-likeness (QED) is 0.261. The van der Waals surface area contributed by atoms with Crippen molar-refractivity contribution >= 4 is 56.6 Å². The van der Waals surface area contributed by atoms with Crippen LogP contribution in [0, 0.1) is 6.92 Å². The van der Waals surface area contributed by atoms with Crippen LogP contribution in [0.3, 0.4) is 0 Å². The molecule has 0 unspecified atom stereocenters. The molecule has 1 aliphatic rings. The van der Waals surface area contributed by atoms with Gasteiger partial charge in [-0.2, -0.15) is 0 Å². The summed E-state index contributed by atoms with van der Waals surface area (Å²) in [6, 6.07) is 21.6. The number of carbonyl (C=O) groups is 2. The molecule has 3 aromatic carbocycles. The molecule has 1 atom stereocenters. The molecular weight excluding hydrogens is 558 g/mol. The van der Waals surface area contributed by atoms with Gasteiger partial charge in [0.25, 0.3) is 15.9 Å². The van der Waals surface area contributed by atoms with Gasteiger partial charge in [-0.15, -0.1) is 11.8 Å². The van der Waals surface area contributed by atoms with E-state index in [0.717, 1.165) is 5.56 Å². The summed E-state index contributed by atoms with van der Waals surface area (Å²) in [6.07, 6.45) is 1.58. The van der Waals surface area contributed by atoms with Crippen LogP contribution < -0.4 is 10.0 Å². The SMILES string of the molecule is Cc1c(Cl)cccc1NS(=O)(=O)c1ccc(NC(=O)c2ccc([C@H]3SCC(=O)N3Cc3ccco3)cc2)cc1. The zero-order chi connectivity index (χ0) is 27.6. The minimum absolute atomic E-state index is 0.0339. The number of hydrogen-bond donors (Lipinski definition) is 2. The highest BCUT2D eigenvalue weighted by Crippen LogP contribution is 2.39. The molecule has 0 spiro atoms. The standard InChI is InChI=1S/C28H24ClN3O5S2/c1-18-24(29)5-2-6-25(18)31-39(35,36)23-13-11-21(12-14-23)30-27(34)19-7-9-20(10-8-19)28-32(26(33)17-38-28)16-22-4-3-15-37-22/h2-15,28,31H,16-17H2,1H3,(H,30,34)/t28-/m1/s1. The van der Waals surface area contributed by atoms with Crippen LogP contribution >= 0.6 is 23.4 Å². The Hall–Kier alpha value is -3.73. The molecule has 5 rings (SSSR count). The van der Waals surface area contributed by atoms with Crippen molar-refractivity contribution in [2.75, 3.05) is 15.8 Å². The zero-order valence-electron chi connectivity index (χ0n) is 20.8. The molecule has 2 heterocycles. The zero-order valence-corrected chi connectivity index (χ0v) is 23.1. The van der Waals surface area contributed by atoms with Crippen LogP contribution in [0.25, 0.3) is 0 Å². The van der Waals surface area contributed by atoms with Crippen LogP contribution in [0.4, 0.5) is 11.4 Å². The monoisotopic (exact) mass is 581 g/mol. The van der Waals surface area contributed by atoms with Gasteiger partial charge in [0.05, 0.1) is 29.1 Å². The van der Waals surface area contributed by atoms with Gasteiger partial charge >= 0.3 is 0 Å². The van der Waals surface area contributed by atoms with E-state index in [2.05, 4.69) is 10.0 Å². The van der Waals surface area contributed by atoms with E-state index >= 15 is 0 Å². The second kappa shape index (κ2) is 11.2. The highest BCUT2D eigenvalue weighted by Gasteiger charge is 2.33. The highest BCUT2D eigenvalue weighted by atomic mass is 35.5. The maximum atomic E-state index is 12.8. The Balaban J connectivity index is 1.23. The van der Waals surface area contributed by atoms with Gasteiger partial charge in [0.1, 0.15) is 11.1 Å². The molecule has 1 aromatic heterocycles. The van der Waals surface area contributed by atoms with Crippen molar-refractivity contribution in [3.63, 3.8) is 0 Å². The Morgan fingerprint density at radius 3 is 2.49 bits per heavy atom. The van der Waals surface area contributed by atoms with Crippen LogP contribution in [-0.2, 0) is 21.4 Å². The van der Waals surface area contributed by atoms with E-state index in [1.54, 1.807) is 54.5 Å². The minimum atomic E-state index is -3.85. The van der Waals surface area contributed by atoms with E-state index in [4.69, 9.17) is 16.0 Å². The second-order valence-corrected chi connectivity index (χ2v) is 12.0. The lowest BCUT2D eigenvalue weighted by Gasteiger charge is -2.23. The molecule has 0 saturated carbocycles. The maximum Gasteiger partial charge on any atom is 0.261 e. The number of benzene rings is 3. The number of rotatable bonds is 8. The predicted octanol–water partition coefficient (Wildman–Crippen LogP) is 6.07. The van der Waals surface area contributed by atoms with Crippen LogP contribution in [0.2, 0.25) is 5.02 Å². The number of thioether (sulfide) groups is 1. The fraction of sp³-hybridized carbons (Fsp3) is 0.143. The first-order chi connectivity index (χ1) is 18.7. The summed E-state index contributed by atoms with van der Waals surface area (Å²) in [4.78, 5) is 27.1. The number of halogens is 1. The van der Waals surface area contributed by atoms with Crippen LogP contribution in [0.15, 0.2) is 94.4 Å². The smallest absolute Gasteiger partial charge is 0.261 e. The molecule has 0 bridgehead atoms. The summed E-state index contributed by atoms with van der Waals surface area (Å²) in [5.74, 6) is 0.785. The maximum absolute atomic E-state index is 12.8. The summed E-state index contributed by atoms with van der Waals surface area (Å²) in [5.41, 5.74) is 2.81. The summed E-state index contributed by atoms with van der Waals surface area (Å²) in [6.45, 7) is 2.11. The first-order valence-corrected chi connectivity index (χ1v) is 14.8. The Labute approximate surface area is 235 Å². The van der Waals surface area contributed by atoms with Gasteiger partial charge in [-0.3, -0.25) is 14.3 Å². The van der Waals surface area contributed by atoms with Crippen molar-refractivity contribution in [3.05, 3.63) is 113 Å². The molecule has 4 aromatic rings. The number of amides is 2. The number of sulfonamides is 1. The normalized spacial score (nSPS) is 15.4. The summed E-state index contributed by atoms with van der Waals surface area (Å²) in [5, 5.41) is 3.08. The van der Waals surface area contributed by atoms with Crippen molar-refractivity contribution in [2.45, 2.75) is 23.7 Å². The lowest BCUT2D eigenvalue weighted by molar-refractivity contribution is -0.128. The number of nitrogens with zero attached hydrogens (tertiary/aromatic N) is 1. The first kappa shape index (κ1) is 26.9. The third kappa shape index (κ3) is 5.98. The molecule has 0 radical (unpaired) electrons. The molecular formula is C28H24ClN3O5S2. The number of furan rings is 1. The lowest BCUT2D eigenvalue weighted by atomic mass is 10.1. The van der Waals surface area contributed by atoms with Gasteiger partial charge in [0.15, 0.2) is 0 Å². The molecule has 1 fully saturated rings. The van der Waals surface area contributed by atoms with E-state index < -0.39 is 10.0 Å². The number of carbonyl (C=O) groups excluding carboxylic acids is 2. The molecule has 8 nitrogen and oxygen atoms in total. The van der Waals surface area contributed by atoms with Crippen molar-refractivity contribution in [2.24, 2.45) is 0 Å². The molecule has 2 N–H and O–H groups in total. The molecule has 0 aliphatic carbocycles. The average Bonchev–Trinajstić information content (AvgIpc) is 3.57. The summed E-state index contributed by atoms with van der Waals surface area (Å²) in [7, 11) is -3.85.